The predicted octanol–water partition coefficient (Wildman–Crippen LogP) is 2.09. The number of carbonyl (C=O) groups excluding carboxylic acids is 2. The number of alkyl carbamates (subject to hydrolysis) is 1. The van der Waals surface area contributed by atoms with Crippen molar-refractivity contribution in [3.05, 3.63) is 0 Å². The molecule has 0 radical (unpaired) electrons. The lowest BCUT2D eigenvalue weighted by Crippen LogP contribution is -2.50. The highest BCUT2D eigenvalue weighted by Gasteiger charge is 2.36. The van der Waals surface area contributed by atoms with E-state index < -0.39 is 40.8 Å². The molecule has 0 aromatic carbocycles. The van der Waals surface area contributed by atoms with E-state index in [9.17, 15) is 14.1 Å². The Morgan fingerprint density at radius 1 is 1.27 bits per heavy atom. The molecule has 0 aromatic heterocycles. The first-order valence-corrected chi connectivity index (χ1v) is 9.16. The summed E-state index contributed by atoms with van der Waals surface area (Å²) in [6.07, 6.45) is 0.930. The summed E-state index contributed by atoms with van der Waals surface area (Å²) in [4.78, 5) is 24.1. The Balaban J connectivity index is 5.12. The van der Waals surface area contributed by atoms with Crippen molar-refractivity contribution in [2.24, 2.45) is 11.8 Å². The highest BCUT2D eigenvalue weighted by atomic mass is 32.2. The molecule has 0 spiro atoms. The van der Waals surface area contributed by atoms with Crippen LogP contribution in [0.5, 0.6) is 0 Å². The molecule has 0 heterocycles. The van der Waals surface area contributed by atoms with E-state index in [0.29, 0.717) is 0 Å². The van der Waals surface area contributed by atoms with Crippen LogP contribution in [0.25, 0.3) is 0 Å². The third-order valence-electron chi connectivity index (χ3n) is 2.84. The molecule has 3 atom stereocenters. The summed E-state index contributed by atoms with van der Waals surface area (Å²) in [7, 11) is 0. The third kappa shape index (κ3) is 8.48. The minimum absolute atomic E-state index is 0.0366. The maximum absolute atomic E-state index is 12.1. The van der Waals surface area contributed by atoms with Gasteiger partial charge in [-0.15, -0.1) is 0 Å². The molecule has 0 saturated heterocycles. The number of esters is 1. The molecule has 0 aliphatic rings. The molecule has 7 heteroatoms. The van der Waals surface area contributed by atoms with Crippen molar-refractivity contribution in [2.75, 3.05) is 18.6 Å². The van der Waals surface area contributed by atoms with E-state index in [1.54, 1.807) is 27.7 Å². The lowest BCUT2D eigenvalue weighted by molar-refractivity contribution is -0.148. The zero-order valence-electron chi connectivity index (χ0n) is 14.6. The van der Waals surface area contributed by atoms with Crippen LogP contribution in [-0.4, -0.2) is 46.9 Å². The van der Waals surface area contributed by atoms with Crippen molar-refractivity contribution < 1.29 is 23.6 Å². The largest absolute Gasteiger partial charge is 0.617 e. The van der Waals surface area contributed by atoms with Crippen LogP contribution in [0.1, 0.15) is 41.5 Å². The monoisotopic (exact) mass is 335 g/mol. The van der Waals surface area contributed by atoms with Gasteiger partial charge in [0.15, 0.2) is 0 Å². The number of carbonyl (C=O) groups is 2. The second kappa shape index (κ2) is 9.25. The molecule has 2 unspecified atom stereocenters. The predicted molar refractivity (Wildman–Crippen MR) is 87.1 cm³/mol. The lowest BCUT2D eigenvalue weighted by Gasteiger charge is -2.30. The molecule has 1 N–H and O–H groups in total. The first-order valence-electron chi connectivity index (χ1n) is 7.44. The Kier molecular flexibility index (Phi) is 8.85. The van der Waals surface area contributed by atoms with Gasteiger partial charge in [0.05, 0.1) is 18.9 Å². The first-order chi connectivity index (χ1) is 9.97. The summed E-state index contributed by atoms with van der Waals surface area (Å²) < 4.78 is 21.9. The van der Waals surface area contributed by atoms with Crippen molar-refractivity contribution in [1.29, 1.82) is 0 Å². The van der Waals surface area contributed by atoms with Gasteiger partial charge in [-0.1, -0.05) is 25.0 Å². The van der Waals surface area contributed by atoms with E-state index in [1.807, 2.05) is 13.8 Å². The van der Waals surface area contributed by atoms with Crippen molar-refractivity contribution in [3.63, 3.8) is 0 Å². The molecule has 0 fully saturated rings. The van der Waals surface area contributed by atoms with Gasteiger partial charge in [-0.25, -0.2) is 4.79 Å². The summed E-state index contributed by atoms with van der Waals surface area (Å²) in [5.74, 6) is -1.02. The number of hydrogen-bond acceptors (Lipinski definition) is 5. The van der Waals surface area contributed by atoms with Crippen LogP contribution >= 0.6 is 0 Å². The molecule has 0 aliphatic carbocycles. The fourth-order valence-electron chi connectivity index (χ4n) is 2.00. The molecule has 130 valence electrons. The Morgan fingerprint density at radius 3 is 2.18 bits per heavy atom. The summed E-state index contributed by atoms with van der Waals surface area (Å²) in [6, 6.07) is -0.502. The second-order valence-corrected chi connectivity index (χ2v) is 7.99. The van der Waals surface area contributed by atoms with Gasteiger partial charge >= 0.3 is 12.1 Å². The van der Waals surface area contributed by atoms with E-state index in [0.717, 1.165) is 0 Å². The highest BCUT2D eigenvalue weighted by Crippen LogP contribution is 2.18. The average Bonchev–Trinajstić information content (AvgIpc) is 2.30. The minimum Gasteiger partial charge on any atom is -0.617 e. The van der Waals surface area contributed by atoms with Gasteiger partial charge < -0.3 is 19.3 Å². The summed E-state index contributed by atoms with van der Waals surface area (Å²) in [5, 5.41) is 2.72. The topological polar surface area (TPSA) is 87.7 Å². The minimum atomic E-state index is -1.18. The van der Waals surface area contributed by atoms with Gasteiger partial charge in [-0.2, -0.15) is 0 Å². The first kappa shape index (κ1) is 21.0. The molecular formula is C15H29NO5S. The Hall–Kier alpha value is -0.950. The summed E-state index contributed by atoms with van der Waals surface area (Å²) in [6.45, 7) is 11.0. The zero-order valence-corrected chi connectivity index (χ0v) is 15.4. The number of rotatable bonds is 7. The molecule has 0 bridgehead atoms. The van der Waals surface area contributed by atoms with Crippen LogP contribution in [-0.2, 0) is 25.4 Å². The van der Waals surface area contributed by atoms with Crippen LogP contribution in [0.15, 0.2) is 0 Å². The SMILES string of the molecule is CCOC(=O)C(C[S+](C)[O-])[C@H](NC(=O)OC(C)(C)C)C(C)C. The molecule has 0 saturated carbocycles. The van der Waals surface area contributed by atoms with E-state index >= 15 is 0 Å². The number of amides is 1. The van der Waals surface area contributed by atoms with E-state index in [-0.39, 0.29) is 18.3 Å². The molecule has 0 aliphatic heterocycles. The standard InChI is InChI=1S/C15H29NO5S/c1-8-20-13(17)11(9-22(7)19)12(10(2)3)16-14(18)21-15(4,5)6/h10-12H,8-9H2,1-7H3,(H,16,18)/t11?,12-,22?/m1/s1. The summed E-state index contributed by atoms with van der Waals surface area (Å²) in [5.41, 5.74) is -0.626. The van der Waals surface area contributed by atoms with Gasteiger partial charge in [0.2, 0.25) is 0 Å². The molecule has 22 heavy (non-hydrogen) atoms. The molecule has 6 nitrogen and oxygen atoms in total. The Bertz CT molecular complexity index is 365. The number of hydrogen-bond donors (Lipinski definition) is 1. The summed E-state index contributed by atoms with van der Waals surface area (Å²) >= 11 is -1.18. The van der Waals surface area contributed by atoms with Gasteiger partial charge in [-0.3, -0.25) is 4.79 Å². The van der Waals surface area contributed by atoms with Gasteiger partial charge in [0.25, 0.3) is 0 Å². The molecule has 0 rings (SSSR count). The molecular weight excluding hydrogens is 306 g/mol. The fraction of sp³-hybridized carbons (Fsp3) is 0.867. The zero-order chi connectivity index (χ0) is 17.5. The average molecular weight is 335 g/mol. The Labute approximate surface area is 136 Å². The van der Waals surface area contributed by atoms with Gasteiger partial charge in [0.1, 0.15) is 17.3 Å². The normalized spacial score (nSPS) is 15.9. The van der Waals surface area contributed by atoms with E-state index in [4.69, 9.17) is 9.47 Å². The molecule has 0 aromatic rings. The van der Waals surface area contributed by atoms with Crippen LogP contribution in [0.2, 0.25) is 0 Å². The Morgan fingerprint density at radius 2 is 1.82 bits per heavy atom. The fourth-order valence-corrected chi connectivity index (χ4v) is 2.85. The quantitative estimate of drug-likeness (QED) is 0.568. The van der Waals surface area contributed by atoms with Crippen molar-refractivity contribution >= 4 is 23.2 Å². The second-order valence-electron chi connectivity index (χ2n) is 6.51. The van der Waals surface area contributed by atoms with Gasteiger partial charge in [0, 0.05) is 0 Å². The van der Waals surface area contributed by atoms with Crippen LogP contribution < -0.4 is 5.32 Å². The van der Waals surface area contributed by atoms with Crippen molar-refractivity contribution in [3.8, 4) is 0 Å². The van der Waals surface area contributed by atoms with Crippen LogP contribution in [0.3, 0.4) is 0 Å². The van der Waals surface area contributed by atoms with E-state index in [2.05, 4.69) is 5.32 Å². The molecule has 1 amide bonds. The van der Waals surface area contributed by atoms with Crippen molar-refractivity contribution in [2.45, 2.75) is 53.2 Å². The number of ether oxygens (including phenoxy) is 2. The maximum atomic E-state index is 12.1. The van der Waals surface area contributed by atoms with Gasteiger partial charge in [-0.05, 0) is 33.6 Å². The number of nitrogens with one attached hydrogen (secondary N) is 1. The lowest BCUT2D eigenvalue weighted by atomic mass is 9.92. The van der Waals surface area contributed by atoms with Crippen LogP contribution in [0, 0.1) is 11.8 Å². The highest BCUT2D eigenvalue weighted by molar-refractivity contribution is 7.90. The smallest absolute Gasteiger partial charge is 0.407 e. The third-order valence-corrected chi connectivity index (χ3v) is 3.67. The van der Waals surface area contributed by atoms with E-state index in [1.165, 1.54) is 6.26 Å². The van der Waals surface area contributed by atoms with Crippen LogP contribution in [0.4, 0.5) is 4.79 Å². The van der Waals surface area contributed by atoms with Crippen molar-refractivity contribution in [1.82, 2.24) is 5.32 Å². The maximum Gasteiger partial charge on any atom is 0.407 e.